The van der Waals surface area contributed by atoms with Crippen molar-refractivity contribution in [3.05, 3.63) is 59.9 Å². The summed E-state index contributed by atoms with van der Waals surface area (Å²) in [6.45, 7) is 2.63. The van der Waals surface area contributed by atoms with Crippen LogP contribution in [0.5, 0.6) is 5.75 Å². The number of nitrogens with one attached hydrogen (secondary N) is 1. The van der Waals surface area contributed by atoms with Gasteiger partial charge in [0.2, 0.25) is 0 Å². The van der Waals surface area contributed by atoms with E-state index in [0.29, 0.717) is 18.6 Å². The number of halogens is 1. The zero-order valence-electron chi connectivity index (χ0n) is 12.2. The van der Waals surface area contributed by atoms with E-state index < -0.39 is 0 Å². The number of rotatable bonds is 5. The highest BCUT2D eigenvalue weighted by molar-refractivity contribution is 5.57. The number of hydrogen-bond acceptors (Lipinski definition) is 2. The van der Waals surface area contributed by atoms with Crippen molar-refractivity contribution in [2.24, 2.45) is 0 Å². The van der Waals surface area contributed by atoms with E-state index in [1.54, 1.807) is 12.1 Å². The summed E-state index contributed by atoms with van der Waals surface area (Å²) in [6, 6.07) is 15.4. The Bertz CT molecular complexity index is 608. The molecule has 2 aromatic carbocycles. The summed E-state index contributed by atoms with van der Waals surface area (Å²) < 4.78 is 19.4. The average Bonchev–Trinajstić information content (AvgIpc) is 2.45. The molecule has 3 rings (SSSR count). The summed E-state index contributed by atoms with van der Waals surface area (Å²) in [7, 11) is 0. The van der Waals surface area contributed by atoms with Crippen LogP contribution in [0.3, 0.4) is 0 Å². The average molecular weight is 285 g/mol. The monoisotopic (exact) mass is 285 g/mol. The van der Waals surface area contributed by atoms with Crippen LogP contribution in [0.4, 0.5) is 10.1 Å². The molecule has 0 atom stereocenters. The summed E-state index contributed by atoms with van der Waals surface area (Å²) >= 11 is 0. The smallest absolute Gasteiger partial charge is 0.142 e. The van der Waals surface area contributed by atoms with Crippen molar-refractivity contribution in [2.75, 3.05) is 11.9 Å². The van der Waals surface area contributed by atoms with Gasteiger partial charge in [0.05, 0.1) is 12.3 Å². The highest BCUT2D eigenvalue weighted by Crippen LogP contribution is 2.40. The first kappa shape index (κ1) is 13.9. The van der Waals surface area contributed by atoms with E-state index in [1.807, 2.05) is 43.3 Å². The maximum absolute atomic E-state index is 13.7. The predicted octanol–water partition coefficient (Wildman–Crippen LogP) is 4.58. The summed E-state index contributed by atoms with van der Waals surface area (Å²) in [5.74, 6) is 1.12. The van der Waals surface area contributed by atoms with Crippen LogP contribution in [-0.2, 0) is 0 Å². The molecule has 1 aliphatic carbocycles. The molecule has 0 aliphatic heterocycles. The number of hydrogen-bond donors (Lipinski definition) is 1. The van der Waals surface area contributed by atoms with E-state index in [1.165, 1.54) is 0 Å². The Kier molecular flexibility index (Phi) is 4.09. The highest BCUT2D eigenvalue weighted by atomic mass is 19.1. The van der Waals surface area contributed by atoms with Crippen molar-refractivity contribution in [1.82, 2.24) is 0 Å². The topological polar surface area (TPSA) is 21.3 Å². The quantitative estimate of drug-likeness (QED) is 0.868. The number of anilines is 1. The highest BCUT2D eigenvalue weighted by Gasteiger charge is 2.32. The molecule has 0 spiro atoms. The zero-order chi connectivity index (χ0) is 14.7. The standard InChI is InChI=1S/C18H20FNO/c1-2-21-18-10-6-5-9-17(18)20-14-11-13(12-14)15-7-3-4-8-16(15)19/h3-10,13-14,20H,2,11-12H2,1H3. The Balaban J connectivity index is 1.62. The van der Waals surface area contributed by atoms with Crippen molar-refractivity contribution in [2.45, 2.75) is 31.7 Å². The molecule has 1 N–H and O–H groups in total. The van der Waals surface area contributed by atoms with Crippen LogP contribution in [0.25, 0.3) is 0 Å². The number of benzene rings is 2. The predicted molar refractivity (Wildman–Crippen MR) is 83.4 cm³/mol. The van der Waals surface area contributed by atoms with Crippen molar-refractivity contribution in [3.8, 4) is 5.75 Å². The van der Waals surface area contributed by atoms with Gasteiger partial charge in [-0.05, 0) is 49.4 Å². The Morgan fingerprint density at radius 2 is 1.81 bits per heavy atom. The zero-order valence-corrected chi connectivity index (χ0v) is 12.2. The van der Waals surface area contributed by atoms with Crippen molar-refractivity contribution in [3.63, 3.8) is 0 Å². The number of ether oxygens (including phenoxy) is 1. The fourth-order valence-electron chi connectivity index (χ4n) is 2.88. The summed E-state index contributed by atoms with van der Waals surface area (Å²) in [4.78, 5) is 0. The normalized spacial score (nSPS) is 20.7. The van der Waals surface area contributed by atoms with Gasteiger partial charge in [-0.25, -0.2) is 4.39 Å². The first-order chi connectivity index (χ1) is 10.3. The molecule has 3 heteroatoms. The Labute approximate surface area is 125 Å². The molecular weight excluding hydrogens is 265 g/mol. The van der Waals surface area contributed by atoms with E-state index in [2.05, 4.69) is 5.32 Å². The van der Waals surface area contributed by atoms with E-state index >= 15 is 0 Å². The third-order valence-electron chi connectivity index (χ3n) is 4.03. The molecule has 0 saturated heterocycles. The van der Waals surface area contributed by atoms with Crippen LogP contribution in [-0.4, -0.2) is 12.6 Å². The summed E-state index contributed by atoms with van der Waals surface area (Å²) in [5.41, 5.74) is 1.87. The fraction of sp³-hybridized carbons (Fsp3) is 0.333. The van der Waals surface area contributed by atoms with Crippen LogP contribution in [0.2, 0.25) is 0 Å². The minimum atomic E-state index is -0.0873. The third-order valence-corrected chi connectivity index (χ3v) is 4.03. The van der Waals surface area contributed by atoms with Gasteiger partial charge in [0, 0.05) is 6.04 Å². The second kappa shape index (κ2) is 6.17. The molecule has 0 heterocycles. The molecule has 2 aromatic rings. The maximum Gasteiger partial charge on any atom is 0.142 e. The van der Waals surface area contributed by atoms with Crippen LogP contribution < -0.4 is 10.1 Å². The lowest BCUT2D eigenvalue weighted by Crippen LogP contribution is -2.34. The molecule has 0 bridgehead atoms. The van der Waals surface area contributed by atoms with Gasteiger partial charge in [0.15, 0.2) is 0 Å². The SMILES string of the molecule is CCOc1ccccc1NC1CC(c2ccccc2F)C1. The lowest BCUT2D eigenvalue weighted by molar-refractivity contribution is 0.336. The molecule has 1 aliphatic rings. The van der Waals surface area contributed by atoms with Gasteiger partial charge in [-0.15, -0.1) is 0 Å². The first-order valence-corrected chi connectivity index (χ1v) is 7.50. The van der Waals surface area contributed by atoms with Crippen molar-refractivity contribution < 1.29 is 9.13 Å². The molecular formula is C18H20FNO. The van der Waals surface area contributed by atoms with Crippen LogP contribution in [0.15, 0.2) is 48.5 Å². The minimum absolute atomic E-state index is 0.0873. The van der Waals surface area contributed by atoms with E-state index in [9.17, 15) is 4.39 Å². The van der Waals surface area contributed by atoms with E-state index in [0.717, 1.165) is 29.8 Å². The summed E-state index contributed by atoms with van der Waals surface area (Å²) in [5, 5.41) is 3.50. The van der Waals surface area contributed by atoms with Crippen LogP contribution in [0.1, 0.15) is 31.2 Å². The van der Waals surface area contributed by atoms with Crippen LogP contribution in [0, 0.1) is 5.82 Å². The van der Waals surface area contributed by atoms with Gasteiger partial charge in [0.25, 0.3) is 0 Å². The molecule has 21 heavy (non-hydrogen) atoms. The second-order valence-corrected chi connectivity index (χ2v) is 5.46. The molecule has 110 valence electrons. The Morgan fingerprint density at radius 1 is 1.10 bits per heavy atom. The molecule has 0 unspecified atom stereocenters. The van der Waals surface area contributed by atoms with E-state index in [4.69, 9.17) is 4.74 Å². The molecule has 1 fully saturated rings. The number of para-hydroxylation sites is 2. The molecule has 0 aromatic heterocycles. The molecule has 2 nitrogen and oxygen atoms in total. The lowest BCUT2D eigenvalue weighted by atomic mass is 9.75. The van der Waals surface area contributed by atoms with E-state index in [-0.39, 0.29) is 5.82 Å². The van der Waals surface area contributed by atoms with Crippen LogP contribution >= 0.6 is 0 Å². The Morgan fingerprint density at radius 3 is 2.57 bits per heavy atom. The van der Waals surface area contributed by atoms with Gasteiger partial charge < -0.3 is 10.1 Å². The lowest BCUT2D eigenvalue weighted by Gasteiger charge is -2.37. The van der Waals surface area contributed by atoms with Gasteiger partial charge in [-0.2, -0.15) is 0 Å². The molecule has 0 amide bonds. The molecule has 0 radical (unpaired) electrons. The van der Waals surface area contributed by atoms with Gasteiger partial charge in [-0.3, -0.25) is 0 Å². The largest absolute Gasteiger partial charge is 0.492 e. The van der Waals surface area contributed by atoms with Crippen molar-refractivity contribution >= 4 is 5.69 Å². The molecule has 1 saturated carbocycles. The van der Waals surface area contributed by atoms with Gasteiger partial charge in [-0.1, -0.05) is 30.3 Å². The fourth-order valence-corrected chi connectivity index (χ4v) is 2.88. The van der Waals surface area contributed by atoms with Gasteiger partial charge >= 0.3 is 0 Å². The third kappa shape index (κ3) is 3.02. The maximum atomic E-state index is 13.7. The van der Waals surface area contributed by atoms with Gasteiger partial charge in [0.1, 0.15) is 11.6 Å². The Hall–Kier alpha value is -2.03. The summed E-state index contributed by atoms with van der Waals surface area (Å²) in [6.07, 6.45) is 1.92. The van der Waals surface area contributed by atoms with Crippen molar-refractivity contribution in [1.29, 1.82) is 0 Å². The second-order valence-electron chi connectivity index (χ2n) is 5.46. The minimum Gasteiger partial charge on any atom is -0.492 e. The first-order valence-electron chi connectivity index (χ1n) is 7.50.